The molecule has 0 fully saturated rings. The van der Waals surface area contributed by atoms with Crippen molar-refractivity contribution in [1.82, 2.24) is 18.7 Å². The van der Waals surface area contributed by atoms with Gasteiger partial charge in [0.15, 0.2) is 0 Å². The summed E-state index contributed by atoms with van der Waals surface area (Å²) >= 11 is 0. The van der Waals surface area contributed by atoms with Gasteiger partial charge < -0.3 is 0 Å². The van der Waals surface area contributed by atoms with Crippen molar-refractivity contribution < 1.29 is 0 Å². The van der Waals surface area contributed by atoms with Crippen molar-refractivity contribution in [3.05, 3.63) is 62.6 Å². The summed E-state index contributed by atoms with van der Waals surface area (Å²) in [6.07, 6.45) is 3.03. The van der Waals surface area contributed by atoms with E-state index in [4.69, 9.17) is 5.26 Å². The van der Waals surface area contributed by atoms with Gasteiger partial charge in [-0.05, 0) is 31.0 Å². The molecule has 3 aromatic rings. The zero-order valence-corrected chi connectivity index (χ0v) is 12.1. The molecule has 0 aliphatic heterocycles. The highest BCUT2D eigenvalue weighted by molar-refractivity contribution is 5.47. The number of hydrogen-bond donors (Lipinski definition) is 0. The summed E-state index contributed by atoms with van der Waals surface area (Å²) in [5, 5.41) is 12.6. The van der Waals surface area contributed by atoms with Crippen LogP contribution in [0.25, 0.3) is 11.3 Å². The van der Waals surface area contributed by atoms with E-state index in [-0.39, 0.29) is 12.2 Å². The first-order chi connectivity index (χ1) is 10.5. The van der Waals surface area contributed by atoms with Crippen LogP contribution in [0.3, 0.4) is 0 Å². The molecule has 0 radical (unpaired) electrons. The van der Waals surface area contributed by atoms with E-state index < -0.39 is 11.2 Å². The number of nitriles is 1. The van der Waals surface area contributed by atoms with Crippen LogP contribution in [-0.2, 0) is 6.54 Å². The molecule has 110 valence electrons. The number of nitrogens with zero attached hydrogens (tertiary/aromatic N) is 5. The molecular formula is C15H13N5O2. The smallest absolute Gasteiger partial charge is 0.279 e. The molecule has 0 atom stereocenters. The zero-order chi connectivity index (χ0) is 15.9. The summed E-state index contributed by atoms with van der Waals surface area (Å²) in [7, 11) is 0. The number of benzene rings is 1. The van der Waals surface area contributed by atoms with E-state index in [1.54, 1.807) is 0 Å². The molecule has 0 bridgehead atoms. The fraction of sp³-hybridized carbons (Fsp3) is 0.200. The minimum absolute atomic E-state index is 0.00339. The lowest BCUT2D eigenvalue weighted by atomic mass is 10.1. The van der Waals surface area contributed by atoms with Gasteiger partial charge in [-0.3, -0.25) is 9.36 Å². The number of aromatic nitrogens is 4. The average molecular weight is 295 g/mol. The van der Waals surface area contributed by atoms with Crippen molar-refractivity contribution in [2.45, 2.75) is 20.4 Å². The summed E-state index contributed by atoms with van der Waals surface area (Å²) < 4.78 is 3.59. The molecule has 7 heteroatoms. The highest BCUT2D eigenvalue weighted by atomic mass is 16.2. The van der Waals surface area contributed by atoms with Crippen LogP contribution >= 0.6 is 0 Å². The van der Waals surface area contributed by atoms with Gasteiger partial charge >= 0.3 is 11.2 Å². The van der Waals surface area contributed by atoms with E-state index in [1.807, 2.05) is 38.1 Å². The second kappa shape index (κ2) is 5.00. The second-order valence-corrected chi connectivity index (χ2v) is 4.98. The third-order valence-electron chi connectivity index (χ3n) is 3.70. The number of fused-ring (bicyclic) bond motifs is 1. The monoisotopic (exact) mass is 295 g/mol. The fourth-order valence-electron chi connectivity index (χ4n) is 2.37. The molecule has 0 unspecified atom stereocenters. The molecule has 0 saturated carbocycles. The summed E-state index contributed by atoms with van der Waals surface area (Å²) in [6.45, 7) is 3.71. The Hall–Kier alpha value is -3.14. The van der Waals surface area contributed by atoms with Gasteiger partial charge in [-0.2, -0.15) is 9.94 Å². The van der Waals surface area contributed by atoms with Crippen LogP contribution in [0.4, 0.5) is 0 Å². The molecule has 0 aliphatic rings. The first-order valence-corrected chi connectivity index (χ1v) is 6.69. The molecule has 0 amide bonds. The second-order valence-electron chi connectivity index (χ2n) is 4.98. The van der Waals surface area contributed by atoms with Crippen molar-refractivity contribution in [3.63, 3.8) is 0 Å². The van der Waals surface area contributed by atoms with Crippen molar-refractivity contribution in [2.24, 2.45) is 0 Å². The minimum atomic E-state index is -0.498. The van der Waals surface area contributed by atoms with Crippen LogP contribution in [0.5, 0.6) is 0 Å². The maximum Gasteiger partial charge on any atom is 0.351 e. The Morgan fingerprint density at radius 3 is 2.73 bits per heavy atom. The first kappa shape index (κ1) is 13.8. The highest BCUT2D eigenvalue weighted by Crippen LogP contribution is 2.15. The van der Waals surface area contributed by atoms with Crippen LogP contribution in [0.15, 0.2) is 40.2 Å². The van der Waals surface area contributed by atoms with E-state index in [9.17, 15) is 9.59 Å². The minimum Gasteiger partial charge on any atom is -0.279 e. The summed E-state index contributed by atoms with van der Waals surface area (Å²) in [4.78, 5) is 24.6. The van der Waals surface area contributed by atoms with Gasteiger partial charge in [-0.25, -0.2) is 9.20 Å². The SMILES string of the molecule is Cc1cccc(-n2ccn3c(=O)n(CC#N)nc3c2=O)c1C. The van der Waals surface area contributed by atoms with Crippen molar-refractivity contribution >= 4 is 5.65 Å². The Kier molecular flexibility index (Phi) is 3.14. The Balaban J connectivity index is 2.32. The van der Waals surface area contributed by atoms with Gasteiger partial charge in [-0.15, -0.1) is 5.10 Å². The van der Waals surface area contributed by atoms with Crippen LogP contribution in [0.1, 0.15) is 11.1 Å². The lowest BCUT2D eigenvalue weighted by molar-refractivity contribution is 0.679. The predicted molar refractivity (Wildman–Crippen MR) is 80.1 cm³/mol. The normalized spacial score (nSPS) is 10.8. The number of rotatable bonds is 2. The molecule has 2 aromatic heterocycles. The molecule has 3 rings (SSSR count). The lowest BCUT2D eigenvalue weighted by Gasteiger charge is -2.10. The molecule has 2 heterocycles. The molecule has 1 aromatic carbocycles. The van der Waals surface area contributed by atoms with E-state index in [0.29, 0.717) is 0 Å². The third kappa shape index (κ3) is 1.93. The maximum atomic E-state index is 12.6. The molecule has 0 aliphatic carbocycles. The van der Waals surface area contributed by atoms with Crippen LogP contribution < -0.4 is 11.2 Å². The molecule has 0 saturated heterocycles. The van der Waals surface area contributed by atoms with Crippen LogP contribution in [0, 0.1) is 25.2 Å². The summed E-state index contributed by atoms with van der Waals surface area (Å²) in [6, 6.07) is 7.52. The van der Waals surface area contributed by atoms with Gasteiger partial charge in [0, 0.05) is 12.4 Å². The third-order valence-corrected chi connectivity index (χ3v) is 3.70. The number of hydrogen-bond acceptors (Lipinski definition) is 4. The Morgan fingerprint density at radius 1 is 1.23 bits per heavy atom. The van der Waals surface area contributed by atoms with Gasteiger partial charge in [0.05, 0.1) is 11.8 Å². The molecule has 22 heavy (non-hydrogen) atoms. The summed E-state index contributed by atoms with van der Waals surface area (Å²) in [5.74, 6) is 0. The Bertz CT molecular complexity index is 1030. The summed E-state index contributed by atoms with van der Waals surface area (Å²) in [5.41, 5.74) is 1.90. The van der Waals surface area contributed by atoms with E-state index >= 15 is 0 Å². The molecule has 7 nitrogen and oxygen atoms in total. The Morgan fingerprint density at radius 2 is 2.00 bits per heavy atom. The predicted octanol–water partition coefficient (Wildman–Crippen LogP) is 0.787. The zero-order valence-electron chi connectivity index (χ0n) is 12.1. The van der Waals surface area contributed by atoms with Gasteiger partial charge in [-0.1, -0.05) is 12.1 Å². The van der Waals surface area contributed by atoms with Gasteiger partial charge in [0.2, 0.25) is 5.65 Å². The lowest BCUT2D eigenvalue weighted by Crippen LogP contribution is -2.24. The van der Waals surface area contributed by atoms with E-state index in [0.717, 1.165) is 25.9 Å². The van der Waals surface area contributed by atoms with Gasteiger partial charge in [0.1, 0.15) is 6.54 Å². The molecular weight excluding hydrogens is 282 g/mol. The fourth-order valence-corrected chi connectivity index (χ4v) is 2.37. The van der Waals surface area contributed by atoms with Gasteiger partial charge in [0.25, 0.3) is 0 Å². The van der Waals surface area contributed by atoms with Crippen LogP contribution in [-0.4, -0.2) is 18.7 Å². The highest BCUT2D eigenvalue weighted by Gasteiger charge is 2.13. The average Bonchev–Trinajstić information content (AvgIpc) is 2.81. The first-order valence-electron chi connectivity index (χ1n) is 6.69. The van der Waals surface area contributed by atoms with E-state index in [2.05, 4.69) is 5.10 Å². The van der Waals surface area contributed by atoms with Crippen LogP contribution in [0.2, 0.25) is 0 Å². The van der Waals surface area contributed by atoms with Crippen molar-refractivity contribution in [2.75, 3.05) is 0 Å². The Labute approximate surface area is 125 Å². The van der Waals surface area contributed by atoms with Crippen molar-refractivity contribution in [1.29, 1.82) is 5.26 Å². The van der Waals surface area contributed by atoms with Crippen molar-refractivity contribution in [3.8, 4) is 11.8 Å². The number of aryl methyl sites for hydroxylation is 1. The topological polar surface area (TPSA) is 85.1 Å². The molecule has 0 spiro atoms. The maximum absolute atomic E-state index is 12.6. The standard InChI is InChI=1S/C15H13N5O2/c1-10-4-3-5-12(11(10)2)18-8-9-19-13(14(18)21)17-20(7-6-16)15(19)22/h3-5,8-9H,7H2,1-2H3. The quantitative estimate of drug-likeness (QED) is 0.699. The molecule has 0 N–H and O–H groups in total. The largest absolute Gasteiger partial charge is 0.351 e. The van der Waals surface area contributed by atoms with E-state index in [1.165, 1.54) is 17.0 Å².